The van der Waals surface area contributed by atoms with Gasteiger partial charge in [-0.25, -0.2) is 12.8 Å². The van der Waals surface area contributed by atoms with Crippen LogP contribution >= 0.6 is 0 Å². The highest BCUT2D eigenvalue weighted by molar-refractivity contribution is 7.92. The van der Waals surface area contributed by atoms with Gasteiger partial charge in [-0.1, -0.05) is 6.07 Å². The first-order valence-electron chi connectivity index (χ1n) is 8.29. The molecule has 29 heavy (non-hydrogen) atoms. The minimum Gasteiger partial charge on any atom is -0.459 e. The second kappa shape index (κ2) is 8.15. The van der Waals surface area contributed by atoms with Gasteiger partial charge < -0.3 is 4.42 Å². The van der Waals surface area contributed by atoms with E-state index in [4.69, 9.17) is 4.42 Å². The van der Waals surface area contributed by atoms with Crippen LogP contribution in [0.2, 0.25) is 0 Å². The summed E-state index contributed by atoms with van der Waals surface area (Å²) in [7, 11) is -4.02. The van der Waals surface area contributed by atoms with Gasteiger partial charge in [-0.3, -0.25) is 25.2 Å². The number of anilines is 1. The molecule has 0 bridgehead atoms. The number of halogens is 1. The van der Waals surface area contributed by atoms with Crippen LogP contribution in [0.15, 0.2) is 70.2 Å². The Morgan fingerprint density at radius 1 is 0.966 bits per heavy atom. The first-order valence-corrected chi connectivity index (χ1v) is 9.78. The van der Waals surface area contributed by atoms with Gasteiger partial charge in [0.25, 0.3) is 15.9 Å². The Morgan fingerprint density at radius 2 is 1.66 bits per heavy atom. The van der Waals surface area contributed by atoms with Gasteiger partial charge in [0.15, 0.2) is 5.76 Å². The Hall–Kier alpha value is -3.66. The lowest BCUT2D eigenvalue weighted by molar-refractivity contribution is 0.0830. The van der Waals surface area contributed by atoms with E-state index in [-0.39, 0.29) is 21.9 Å². The summed E-state index contributed by atoms with van der Waals surface area (Å²) in [5, 5.41) is 0. The van der Waals surface area contributed by atoms with Crippen LogP contribution in [0.25, 0.3) is 0 Å². The van der Waals surface area contributed by atoms with Crippen LogP contribution in [0.5, 0.6) is 0 Å². The number of amides is 2. The van der Waals surface area contributed by atoms with Crippen molar-refractivity contribution in [1.29, 1.82) is 0 Å². The van der Waals surface area contributed by atoms with E-state index < -0.39 is 27.7 Å². The largest absolute Gasteiger partial charge is 0.459 e. The summed E-state index contributed by atoms with van der Waals surface area (Å²) in [5.41, 5.74) is 5.10. The molecule has 150 valence electrons. The monoisotopic (exact) mass is 417 g/mol. The minimum atomic E-state index is -4.02. The molecule has 0 saturated heterocycles. The first-order chi connectivity index (χ1) is 13.8. The van der Waals surface area contributed by atoms with E-state index in [2.05, 4.69) is 15.6 Å². The van der Waals surface area contributed by atoms with E-state index in [9.17, 15) is 22.4 Å². The van der Waals surface area contributed by atoms with Crippen LogP contribution in [0.1, 0.15) is 26.5 Å². The summed E-state index contributed by atoms with van der Waals surface area (Å²) in [6.45, 7) is 1.62. The Bertz CT molecular complexity index is 1140. The molecular weight excluding hydrogens is 401 g/mol. The molecule has 0 fully saturated rings. The fraction of sp³-hybridized carbons (Fsp3) is 0.0526. The van der Waals surface area contributed by atoms with Crippen molar-refractivity contribution in [3.8, 4) is 0 Å². The Labute approximate surface area is 165 Å². The number of benzene rings is 2. The number of hydrazine groups is 1. The summed E-state index contributed by atoms with van der Waals surface area (Å²) in [5.74, 6) is -1.87. The number of nitrogens with one attached hydrogen (secondary N) is 3. The standard InChI is InChI=1S/C19H16FN3O5S/c1-12-4-9-15(29(26,27)23-14-7-5-13(20)6-8-14)11-16(12)18(24)21-22-19(25)17-3-2-10-28-17/h2-11,23H,1H3,(H,21,24)(H,22,25). The van der Waals surface area contributed by atoms with Crippen LogP contribution in [-0.2, 0) is 10.0 Å². The highest BCUT2D eigenvalue weighted by Crippen LogP contribution is 2.19. The average Bonchev–Trinajstić information content (AvgIpc) is 3.22. The van der Waals surface area contributed by atoms with Crippen molar-refractivity contribution in [1.82, 2.24) is 10.9 Å². The third-order valence-corrected chi connectivity index (χ3v) is 5.27. The molecule has 3 rings (SSSR count). The lowest BCUT2D eigenvalue weighted by atomic mass is 10.1. The number of hydrogen-bond acceptors (Lipinski definition) is 5. The molecule has 8 nitrogen and oxygen atoms in total. The number of carbonyl (C=O) groups excluding carboxylic acids is 2. The molecule has 0 atom stereocenters. The van der Waals surface area contributed by atoms with Crippen LogP contribution in [0.3, 0.4) is 0 Å². The van der Waals surface area contributed by atoms with Crippen molar-refractivity contribution in [2.75, 3.05) is 4.72 Å². The Balaban J connectivity index is 1.77. The van der Waals surface area contributed by atoms with Gasteiger partial charge >= 0.3 is 5.91 Å². The van der Waals surface area contributed by atoms with Gasteiger partial charge in [0.05, 0.1) is 11.2 Å². The predicted octanol–water partition coefficient (Wildman–Crippen LogP) is 2.60. The van der Waals surface area contributed by atoms with Crippen molar-refractivity contribution in [3.05, 3.63) is 83.6 Å². The Kier molecular flexibility index (Phi) is 5.64. The molecule has 2 amide bonds. The summed E-state index contributed by atoms with van der Waals surface area (Å²) in [6.07, 6.45) is 1.31. The molecule has 3 aromatic rings. The van der Waals surface area contributed by atoms with Crippen LogP contribution in [-0.4, -0.2) is 20.2 Å². The zero-order chi connectivity index (χ0) is 21.0. The second-order valence-corrected chi connectivity index (χ2v) is 7.66. The zero-order valence-corrected chi connectivity index (χ0v) is 15.9. The van der Waals surface area contributed by atoms with Crippen molar-refractivity contribution in [3.63, 3.8) is 0 Å². The molecule has 0 saturated carbocycles. The maximum absolute atomic E-state index is 13.0. The molecule has 1 heterocycles. The highest BCUT2D eigenvalue weighted by Gasteiger charge is 2.19. The molecule has 0 aliphatic carbocycles. The molecule has 0 unspecified atom stereocenters. The van der Waals surface area contributed by atoms with Crippen LogP contribution < -0.4 is 15.6 Å². The quantitative estimate of drug-likeness (QED) is 0.552. The maximum atomic E-state index is 13.0. The third-order valence-electron chi connectivity index (χ3n) is 3.89. The number of carbonyl (C=O) groups is 2. The van der Waals surface area contributed by atoms with E-state index in [1.54, 1.807) is 6.92 Å². The molecule has 10 heteroatoms. The van der Waals surface area contributed by atoms with Gasteiger partial charge in [0.2, 0.25) is 0 Å². The van der Waals surface area contributed by atoms with E-state index in [0.29, 0.717) is 5.56 Å². The third kappa shape index (κ3) is 4.79. The van der Waals surface area contributed by atoms with E-state index >= 15 is 0 Å². The van der Waals surface area contributed by atoms with Gasteiger partial charge in [-0.2, -0.15) is 0 Å². The van der Waals surface area contributed by atoms with Crippen LogP contribution in [0.4, 0.5) is 10.1 Å². The molecule has 1 aromatic heterocycles. The second-order valence-electron chi connectivity index (χ2n) is 5.97. The minimum absolute atomic E-state index is 0.00171. The SMILES string of the molecule is Cc1ccc(S(=O)(=O)Nc2ccc(F)cc2)cc1C(=O)NNC(=O)c1ccco1. The average molecular weight is 417 g/mol. The summed E-state index contributed by atoms with van der Waals surface area (Å²) in [6, 6.07) is 11.7. The van der Waals surface area contributed by atoms with E-state index in [0.717, 1.165) is 12.1 Å². The molecule has 0 aliphatic rings. The number of rotatable bonds is 5. The molecule has 0 radical (unpaired) electrons. The smallest absolute Gasteiger partial charge is 0.305 e. The topological polar surface area (TPSA) is 118 Å². The Morgan fingerprint density at radius 3 is 2.31 bits per heavy atom. The first kappa shape index (κ1) is 20.1. The summed E-state index contributed by atoms with van der Waals surface area (Å²) >= 11 is 0. The van der Waals surface area contributed by atoms with E-state index in [1.807, 2.05) is 0 Å². The molecule has 3 N–H and O–H groups in total. The lowest BCUT2D eigenvalue weighted by Crippen LogP contribution is -2.41. The van der Waals surface area contributed by atoms with Crippen molar-refractivity contribution < 1.29 is 26.8 Å². The fourth-order valence-electron chi connectivity index (χ4n) is 2.40. The van der Waals surface area contributed by atoms with Crippen molar-refractivity contribution >= 4 is 27.5 Å². The fourth-order valence-corrected chi connectivity index (χ4v) is 3.48. The molecule has 2 aromatic carbocycles. The zero-order valence-electron chi connectivity index (χ0n) is 15.1. The maximum Gasteiger partial charge on any atom is 0.305 e. The number of sulfonamides is 1. The van der Waals surface area contributed by atoms with Crippen LogP contribution in [0, 0.1) is 12.7 Å². The summed E-state index contributed by atoms with van der Waals surface area (Å²) in [4.78, 5) is 24.1. The van der Waals surface area contributed by atoms with Crippen molar-refractivity contribution in [2.45, 2.75) is 11.8 Å². The van der Waals surface area contributed by atoms with Gasteiger partial charge in [-0.05, 0) is 61.0 Å². The van der Waals surface area contributed by atoms with E-state index in [1.165, 1.54) is 48.7 Å². The number of aryl methyl sites for hydroxylation is 1. The predicted molar refractivity (Wildman–Crippen MR) is 102 cm³/mol. The summed E-state index contributed by atoms with van der Waals surface area (Å²) < 4.78 is 45.4. The molecular formula is C19H16FN3O5S. The number of hydrogen-bond donors (Lipinski definition) is 3. The highest BCUT2D eigenvalue weighted by atomic mass is 32.2. The number of furan rings is 1. The normalized spacial score (nSPS) is 11.0. The molecule has 0 aliphatic heterocycles. The lowest BCUT2D eigenvalue weighted by Gasteiger charge is -2.12. The van der Waals surface area contributed by atoms with Crippen molar-refractivity contribution in [2.24, 2.45) is 0 Å². The van der Waals surface area contributed by atoms with Gasteiger partial charge in [0.1, 0.15) is 5.82 Å². The van der Waals surface area contributed by atoms with Gasteiger partial charge in [0, 0.05) is 11.3 Å². The van der Waals surface area contributed by atoms with Gasteiger partial charge in [-0.15, -0.1) is 0 Å². The molecule has 0 spiro atoms.